The van der Waals surface area contributed by atoms with E-state index in [4.69, 9.17) is 9.47 Å². The zero-order chi connectivity index (χ0) is 15.3. The first-order valence-corrected chi connectivity index (χ1v) is 7.94. The van der Waals surface area contributed by atoms with Gasteiger partial charge in [0.15, 0.2) is 5.60 Å². The largest absolute Gasteiger partial charge is 0.464 e. The van der Waals surface area contributed by atoms with Crippen LogP contribution in [0.2, 0.25) is 0 Å². The summed E-state index contributed by atoms with van der Waals surface area (Å²) in [6, 6.07) is 0. The number of esters is 1. The Morgan fingerprint density at radius 1 is 1.29 bits per heavy atom. The van der Waals surface area contributed by atoms with Gasteiger partial charge >= 0.3 is 5.97 Å². The second-order valence-corrected chi connectivity index (χ2v) is 5.75. The minimum Gasteiger partial charge on any atom is -0.464 e. The average Bonchev–Trinajstić information content (AvgIpc) is 2.49. The van der Waals surface area contributed by atoms with E-state index in [0.29, 0.717) is 45.1 Å². The lowest BCUT2D eigenvalue weighted by Crippen LogP contribution is -2.52. The standard InChI is InChI=1S/C14H20BrN3O3/c1-3-20-12(19)14(21-4-2)5-7-18(8-6-14)13-16-9-11(15)10-17-13/h9-10H,3-8H2,1-2H3. The van der Waals surface area contributed by atoms with Crippen LogP contribution in [0.4, 0.5) is 5.95 Å². The van der Waals surface area contributed by atoms with Crippen LogP contribution in [0.1, 0.15) is 26.7 Å². The molecule has 7 heteroatoms. The molecule has 6 nitrogen and oxygen atoms in total. The van der Waals surface area contributed by atoms with Crippen LogP contribution >= 0.6 is 15.9 Å². The fourth-order valence-electron chi connectivity index (χ4n) is 2.48. The average molecular weight is 358 g/mol. The highest BCUT2D eigenvalue weighted by molar-refractivity contribution is 9.10. The topological polar surface area (TPSA) is 64.6 Å². The molecule has 21 heavy (non-hydrogen) atoms. The first kappa shape index (κ1) is 16.2. The van der Waals surface area contributed by atoms with Crippen molar-refractivity contribution in [3.05, 3.63) is 16.9 Å². The minimum atomic E-state index is -0.823. The molecule has 1 aromatic rings. The molecule has 0 saturated carbocycles. The number of hydrogen-bond donors (Lipinski definition) is 0. The van der Waals surface area contributed by atoms with E-state index in [1.807, 2.05) is 13.8 Å². The van der Waals surface area contributed by atoms with Gasteiger partial charge < -0.3 is 14.4 Å². The third kappa shape index (κ3) is 3.71. The lowest BCUT2D eigenvalue weighted by Gasteiger charge is -2.39. The molecular weight excluding hydrogens is 338 g/mol. The highest BCUT2D eigenvalue weighted by Crippen LogP contribution is 2.29. The Morgan fingerprint density at radius 2 is 1.90 bits per heavy atom. The fourth-order valence-corrected chi connectivity index (χ4v) is 2.69. The molecule has 0 atom stereocenters. The smallest absolute Gasteiger partial charge is 0.338 e. The summed E-state index contributed by atoms with van der Waals surface area (Å²) >= 11 is 3.32. The second-order valence-electron chi connectivity index (χ2n) is 4.84. The molecule has 0 bridgehead atoms. The Hall–Kier alpha value is -1.21. The molecule has 0 N–H and O–H groups in total. The van der Waals surface area contributed by atoms with Crippen molar-refractivity contribution in [2.24, 2.45) is 0 Å². The van der Waals surface area contributed by atoms with Crippen molar-refractivity contribution in [1.29, 1.82) is 0 Å². The first-order chi connectivity index (χ1) is 10.1. The van der Waals surface area contributed by atoms with Crippen molar-refractivity contribution in [2.75, 3.05) is 31.2 Å². The number of carbonyl (C=O) groups excluding carboxylic acids is 1. The van der Waals surface area contributed by atoms with Crippen molar-refractivity contribution in [3.8, 4) is 0 Å². The summed E-state index contributed by atoms with van der Waals surface area (Å²) in [5.41, 5.74) is -0.823. The molecule has 1 saturated heterocycles. The van der Waals surface area contributed by atoms with Crippen molar-refractivity contribution in [1.82, 2.24) is 9.97 Å². The molecule has 1 aliphatic rings. The van der Waals surface area contributed by atoms with E-state index in [1.165, 1.54) is 0 Å². The summed E-state index contributed by atoms with van der Waals surface area (Å²) in [6.45, 7) is 5.90. The van der Waals surface area contributed by atoms with Gasteiger partial charge in [-0.3, -0.25) is 0 Å². The van der Waals surface area contributed by atoms with E-state index in [1.54, 1.807) is 12.4 Å². The quantitative estimate of drug-likeness (QED) is 0.752. The van der Waals surface area contributed by atoms with E-state index in [9.17, 15) is 4.79 Å². The lowest BCUT2D eigenvalue weighted by molar-refractivity contribution is -0.174. The summed E-state index contributed by atoms with van der Waals surface area (Å²) < 4.78 is 11.8. The predicted molar refractivity (Wildman–Crippen MR) is 82.2 cm³/mol. The molecule has 0 aromatic carbocycles. The van der Waals surface area contributed by atoms with E-state index < -0.39 is 5.60 Å². The SMILES string of the molecule is CCOC(=O)C1(OCC)CCN(c2ncc(Br)cn2)CC1. The van der Waals surface area contributed by atoms with Gasteiger partial charge in [-0.1, -0.05) is 0 Å². The summed E-state index contributed by atoms with van der Waals surface area (Å²) in [5.74, 6) is 0.412. The van der Waals surface area contributed by atoms with Gasteiger partial charge in [-0.2, -0.15) is 0 Å². The van der Waals surface area contributed by atoms with Crippen LogP contribution in [0.15, 0.2) is 16.9 Å². The fraction of sp³-hybridized carbons (Fsp3) is 0.643. The molecule has 1 aliphatic heterocycles. The van der Waals surface area contributed by atoms with Gasteiger partial charge in [0, 0.05) is 44.9 Å². The van der Waals surface area contributed by atoms with E-state index in [2.05, 4.69) is 30.8 Å². The number of rotatable bonds is 5. The van der Waals surface area contributed by atoms with Crippen molar-refractivity contribution < 1.29 is 14.3 Å². The number of halogens is 1. The molecule has 1 fully saturated rings. The Kier molecular flexibility index (Phi) is 5.52. The number of hydrogen-bond acceptors (Lipinski definition) is 6. The van der Waals surface area contributed by atoms with Crippen molar-refractivity contribution in [2.45, 2.75) is 32.3 Å². The molecule has 2 heterocycles. The third-order valence-corrected chi connectivity index (χ3v) is 3.94. The molecule has 0 radical (unpaired) electrons. The second kappa shape index (κ2) is 7.17. The van der Waals surface area contributed by atoms with Crippen LogP contribution in [-0.4, -0.2) is 47.8 Å². The maximum Gasteiger partial charge on any atom is 0.338 e. The van der Waals surface area contributed by atoms with Gasteiger partial charge in [0.1, 0.15) is 0 Å². The zero-order valence-corrected chi connectivity index (χ0v) is 13.9. The molecule has 1 aromatic heterocycles. The zero-order valence-electron chi connectivity index (χ0n) is 12.3. The Labute approximate surface area is 133 Å². The molecule has 2 rings (SSSR count). The molecular formula is C14H20BrN3O3. The van der Waals surface area contributed by atoms with Gasteiger partial charge in [-0.25, -0.2) is 14.8 Å². The first-order valence-electron chi connectivity index (χ1n) is 7.15. The van der Waals surface area contributed by atoms with Crippen LogP contribution < -0.4 is 4.90 Å². The van der Waals surface area contributed by atoms with Gasteiger partial charge in [0.2, 0.25) is 5.95 Å². The number of carbonyl (C=O) groups is 1. The number of anilines is 1. The number of ether oxygens (including phenoxy) is 2. The number of aromatic nitrogens is 2. The van der Waals surface area contributed by atoms with Crippen molar-refractivity contribution in [3.63, 3.8) is 0 Å². The monoisotopic (exact) mass is 357 g/mol. The number of piperidine rings is 1. The predicted octanol–water partition coefficient (Wildman–Crippen LogP) is 2.18. The van der Waals surface area contributed by atoms with Crippen LogP contribution in [0.25, 0.3) is 0 Å². The summed E-state index contributed by atoms with van der Waals surface area (Å²) in [5, 5.41) is 0. The maximum atomic E-state index is 12.2. The lowest BCUT2D eigenvalue weighted by atomic mass is 9.91. The molecule has 0 amide bonds. The van der Waals surface area contributed by atoms with Gasteiger partial charge in [0.05, 0.1) is 11.1 Å². The summed E-state index contributed by atoms with van der Waals surface area (Å²) in [7, 11) is 0. The summed E-state index contributed by atoms with van der Waals surface area (Å²) in [4.78, 5) is 22.8. The van der Waals surface area contributed by atoms with Gasteiger partial charge in [0.25, 0.3) is 0 Å². The van der Waals surface area contributed by atoms with E-state index in [0.717, 1.165) is 4.47 Å². The van der Waals surface area contributed by atoms with Gasteiger partial charge in [-0.05, 0) is 29.8 Å². The number of nitrogens with zero attached hydrogens (tertiary/aromatic N) is 3. The molecule has 116 valence electrons. The molecule has 0 aliphatic carbocycles. The van der Waals surface area contributed by atoms with Crippen LogP contribution in [-0.2, 0) is 14.3 Å². The minimum absolute atomic E-state index is 0.261. The maximum absolute atomic E-state index is 12.2. The van der Waals surface area contributed by atoms with E-state index >= 15 is 0 Å². The molecule has 0 spiro atoms. The third-order valence-electron chi connectivity index (χ3n) is 3.53. The van der Waals surface area contributed by atoms with Crippen LogP contribution in [0.3, 0.4) is 0 Å². The van der Waals surface area contributed by atoms with Gasteiger partial charge in [-0.15, -0.1) is 0 Å². The molecule has 0 unspecified atom stereocenters. The van der Waals surface area contributed by atoms with E-state index in [-0.39, 0.29) is 5.97 Å². The normalized spacial score (nSPS) is 17.6. The highest BCUT2D eigenvalue weighted by Gasteiger charge is 2.44. The Morgan fingerprint density at radius 3 is 2.43 bits per heavy atom. The summed E-state index contributed by atoms with van der Waals surface area (Å²) in [6.07, 6.45) is 4.61. The Bertz CT molecular complexity index is 473. The van der Waals surface area contributed by atoms with Crippen LogP contribution in [0, 0.1) is 0 Å². The van der Waals surface area contributed by atoms with Crippen molar-refractivity contribution >= 4 is 27.8 Å². The highest BCUT2D eigenvalue weighted by atomic mass is 79.9. The Balaban J connectivity index is 2.05. The van der Waals surface area contributed by atoms with Crippen LogP contribution in [0.5, 0.6) is 0 Å².